The molecule has 2 heterocycles. The average Bonchev–Trinajstić information content (AvgIpc) is 3.13. The fourth-order valence-corrected chi connectivity index (χ4v) is 6.19. The first-order valence-corrected chi connectivity index (χ1v) is 12.9. The zero-order chi connectivity index (χ0) is 25.6. The van der Waals surface area contributed by atoms with Crippen molar-refractivity contribution in [2.75, 3.05) is 11.5 Å². The van der Waals surface area contributed by atoms with E-state index in [9.17, 15) is 0 Å². The molecule has 0 aromatic heterocycles. The van der Waals surface area contributed by atoms with E-state index in [1.165, 1.54) is 0 Å². The summed E-state index contributed by atoms with van der Waals surface area (Å²) in [5.74, 6) is 1.53. The first-order valence-electron chi connectivity index (χ1n) is 12.9. The molecule has 0 saturated carbocycles. The molecule has 0 aliphatic carbocycles. The number of carbonyl (C=O) groups excluding carboxylic acids is 1. The lowest BCUT2D eigenvalue weighted by Crippen LogP contribution is -2.51. The summed E-state index contributed by atoms with van der Waals surface area (Å²) in [6, 6.07) is 34.5. The molecule has 4 aromatic rings. The summed E-state index contributed by atoms with van der Waals surface area (Å²) in [6.07, 6.45) is 0.545. The Morgan fingerprint density at radius 3 is 2.11 bits per heavy atom. The van der Waals surface area contributed by atoms with Gasteiger partial charge in [0.15, 0.2) is 0 Å². The highest BCUT2D eigenvalue weighted by molar-refractivity contribution is 6.12. The maximum atomic E-state index is 15.0. The van der Waals surface area contributed by atoms with Crippen LogP contribution in [0.1, 0.15) is 55.5 Å². The lowest BCUT2D eigenvalue weighted by molar-refractivity contribution is -0.124. The van der Waals surface area contributed by atoms with Crippen molar-refractivity contribution >= 4 is 11.6 Å². The summed E-state index contributed by atoms with van der Waals surface area (Å²) in [5.41, 5.74) is 3.61. The average molecular weight is 490 g/mol. The van der Waals surface area contributed by atoms with Crippen molar-refractivity contribution in [1.29, 1.82) is 0 Å². The van der Waals surface area contributed by atoms with Crippen LogP contribution >= 0.6 is 0 Å². The van der Waals surface area contributed by atoms with Gasteiger partial charge in [-0.3, -0.25) is 9.69 Å². The van der Waals surface area contributed by atoms with Crippen molar-refractivity contribution in [3.8, 4) is 11.5 Å². The fraction of sp³-hybridized carbons (Fsp3) is 0.242. The Balaban J connectivity index is 1.60. The number of para-hydroxylation sites is 1. The Morgan fingerprint density at radius 2 is 1.46 bits per heavy atom. The molecule has 0 fully saturated rings. The summed E-state index contributed by atoms with van der Waals surface area (Å²) in [5, 5.41) is 0. The van der Waals surface area contributed by atoms with Crippen molar-refractivity contribution in [3.05, 3.63) is 125 Å². The minimum Gasteiger partial charge on any atom is -0.494 e. The summed E-state index contributed by atoms with van der Waals surface area (Å²) >= 11 is 0. The van der Waals surface area contributed by atoms with Gasteiger partial charge in [0, 0.05) is 23.7 Å². The third-order valence-electron chi connectivity index (χ3n) is 7.50. The van der Waals surface area contributed by atoms with Gasteiger partial charge in [-0.05, 0) is 49.6 Å². The number of hydrogen-bond acceptors (Lipinski definition) is 3. The zero-order valence-corrected chi connectivity index (χ0v) is 21.5. The minimum atomic E-state index is -0.861. The van der Waals surface area contributed by atoms with Crippen molar-refractivity contribution in [2.24, 2.45) is 0 Å². The molecule has 4 aromatic carbocycles. The Hall–Kier alpha value is -4.05. The zero-order valence-electron chi connectivity index (χ0n) is 21.5. The van der Waals surface area contributed by atoms with Gasteiger partial charge >= 0.3 is 0 Å². The largest absolute Gasteiger partial charge is 0.494 e. The highest BCUT2D eigenvalue weighted by Gasteiger charge is 2.59. The van der Waals surface area contributed by atoms with Gasteiger partial charge in [-0.25, -0.2) is 0 Å². The Bertz CT molecular complexity index is 1410. The van der Waals surface area contributed by atoms with E-state index in [0.717, 1.165) is 33.7 Å². The van der Waals surface area contributed by atoms with Gasteiger partial charge < -0.3 is 9.47 Å². The molecule has 1 spiro atoms. The van der Waals surface area contributed by atoms with Crippen molar-refractivity contribution < 1.29 is 14.3 Å². The van der Waals surface area contributed by atoms with E-state index in [1.807, 2.05) is 78.6 Å². The molecule has 1 atom stereocenters. The second-order valence-electron chi connectivity index (χ2n) is 10.5. The van der Waals surface area contributed by atoms with Gasteiger partial charge in [-0.15, -0.1) is 0 Å². The van der Waals surface area contributed by atoms with Crippen LogP contribution in [0.15, 0.2) is 103 Å². The lowest BCUT2D eigenvalue weighted by Gasteiger charge is -2.44. The Labute approximate surface area is 218 Å². The van der Waals surface area contributed by atoms with Crippen LogP contribution in [-0.4, -0.2) is 18.1 Å². The smallest absolute Gasteiger partial charge is 0.243 e. The van der Waals surface area contributed by atoms with Crippen LogP contribution in [0.3, 0.4) is 0 Å². The molecular weight excluding hydrogens is 458 g/mol. The van der Waals surface area contributed by atoms with Gasteiger partial charge in [0.05, 0.1) is 12.6 Å². The summed E-state index contributed by atoms with van der Waals surface area (Å²) in [4.78, 5) is 17.0. The number of anilines is 1. The molecule has 6 rings (SSSR count). The Kier molecular flexibility index (Phi) is 5.56. The first kappa shape index (κ1) is 23.4. The van der Waals surface area contributed by atoms with Crippen molar-refractivity contribution in [3.63, 3.8) is 0 Å². The molecule has 0 saturated heterocycles. The quantitative estimate of drug-likeness (QED) is 0.301. The number of ether oxygens (including phenoxy) is 2. The van der Waals surface area contributed by atoms with Crippen molar-refractivity contribution in [1.82, 2.24) is 0 Å². The number of benzene rings is 4. The lowest BCUT2D eigenvalue weighted by atomic mass is 9.67. The molecule has 1 amide bonds. The van der Waals surface area contributed by atoms with Gasteiger partial charge in [-0.2, -0.15) is 0 Å². The minimum absolute atomic E-state index is 0.0770. The van der Waals surface area contributed by atoms with Crippen LogP contribution in [0.4, 0.5) is 5.69 Å². The third-order valence-corrected chi connectivity index (χ3v) is 7.50. The summed E-state index contributed by atoms with van der Waals surface area (Å²) in [6.45, 7) is 6.66. The maximum absolute atomic E-state index is 15.0. The molecule has 4 heteroatoms. The first-order chi connectivity index (χ1) is 17.9. The number of nitrogens with zero attached hydrogens (tertiary/aromatic N) is 1. The van der Waals surface area contributed by atoms with E-state index < -0.39 is 11.0 Å². The predicted molar refractivity (Wildman–Crippen MR) is 146 cm³/mol. The van der Waals surface area contributed by atoms with E-state index in [1.54, 1.807) is 0 Å². The van der Waals surface area contributed by atoms with E-state index >= 15 is 4.79 Å². The highest BCUT2D eigenvalue weighted by Crippen LogP contribution is 2.58. The van der Waals surface area contributed by atoms with Crippen LogP contribution in [0.5, 0.6) is 11.5 Å². The van der Waals surface area contributed by atoms with E-state index in [0.29, 0.717) is 18.8 Å². The topological polar surface area (TPSA) is 38.8 Å². The Morgan fingerprint density at radius 1 is 0.838 bits per heavy atom. The van der Waals surface area contributed by atoms with E-state index in [-0.39, 0.29) is 11.9 Å². The number of fused-ring (bicyclic) bond motifs is 4. The van der Waals surface area contributed by atoms with Crippen LogP contribution in [0.25, 0.3) is 0 Å². The molecule has 0 N–H and O–H groups in total. The van der Waals surface area contributed by atoms with Gasteiger partial charge in [0.2, 0.25) is 5.91 Å². The maximum Gasteiger partial charge on any atom is 0.243 e. The van der Waals surface area contributed by atoms with Crippen LogP contribution in [-0.2, 0) is 10.2 Å². The van der Waals surface area contributed by atoms with Crippen molar-refractivity contribution in [2.45, 2.75) is 44.2 Å². The second kappa shape index (κ2) is 8.81. The molecule has 2 aliphatic heterocycles. The van der Waals surface area contributed by atoms with Crippen LogP contribution in [0.2, 0.25) is 0 Å². The summed E-state index contributed by atoms with van der Waals surface area (Å²) in [7, 11) is 0. The molecule has 186 valence electrons. The standard InChI is InChI=1S/C33H31NO3/c1-4-36-25-19-20-27-29(21-25)37-32(2,3)22-33(27)26-17-11-12-18-28(26)34(31(33)35)30(23-13-7-5-8-14-23)24-15-9-6-10-16-24/h5-21,30H,4,22H2,1-3H3. The van der Waals surface area contributed by atoms with Crippen LogP contribution in [0, 0.1) is 0 Å². The third kappa shape index (κ3) is 3.71. The normalized spacial score (nSPS) is 19.5. The monoisotopic (exact) mass is 489 g/mol. The number of amides is 1. The molecule has 37 heavy (non-hydrogen) atoms. The molecular formula is C33H31NO3. The molecule has 0 radical (unpaired) electrons. The molecule has 0 bridgehead atoms. The molecule has 4 nitrogen and oxygen atoms in total. The number of rotatable bonds is 5. The van der Waals surface area contributed by atoms with E-state index in [2.05, 4.69) is 50.2 Å². The van der Waals surface area contributed by atoms with Crippen LogP contribution < -0.4 is 14.4 Å². The number of carbonyl (C=O) groups is 1. The molecule has 1 unspecified atom stereocenters. The van der Waals surface area contributed by atoms with Gasteiger partial charge in [0.25, 0.3) is 0 Å². The molecule has 2 aliphatic rings. The summed E-state index contributed by atoms with van der Waals surface area (Å²) < 4.78 is 12.3. The van der Waals surface area contributed by atoms with Gasteiger partial charge in [0.1, 0.15) is 22.5 Å². The highest BCUT2D eigenvalue weighted by atomic mass is 16.5. The SMILES string of the molecule is CCOc1ccc2c(c1)OC(C)(C)CC21C(=O)N(C(c2ccccc2)c2ccccc2)c2ccccc21. The number of hydrogen-bond donors (Lipinski definition) is 0. The predicted octanol–water partition coefficient (Wildman–Crippen LogP) is 7.07. The second-order valence-corrected chi connectivity index (χ2v) is 10.5. The fourth-order valence-electron chi connectivity index (χ4n) is 6.19. The van der Waals surface area contributed by atoms with E-state index in [4.69, 9.17) is 9.47 Å². The van der Waals surface area contributed by atoms with Gasteiger partial charge in [-0.1, -0.05) is 84.9 Å².